The molecule has 0 bridgehead atoms. The molecule has 0 atom stereocenters. The van der Waals surface area contributed by atoms with Crippen LogP contribution in [0.3, 0.4) is 0 Å². The number of hydrogen-bond donors (Lipinski definition) is 0. The van der Waals surface area contributed by atoms with E-state index in [9.17, 15) is 12.8 Å². The van der Waals surface area contributed by atoms with Crippen molar-refractivity contribution in [2.24, 2.45) is 0 Å². The average molecular weight is 294 g/mol. The molecule has 0 saturated carbocycles. The zero-order chi connectivity index (χ0) is 13.9. The summed E-state index contributed by atoms with van der Waals surface area (Å²) in [5, 5.41) is 0.177. The molecule has 0 radical (unpaired) electrons. The van der Waals surface area contributed by atoms with Gasteiger partial charge in [0.15, 0.2) is 0 Å². The first-order chi connectivity index (χ1) is 8.34. The lowest BCUT2D eigenvalue weighted by Crippen LogP contribution is -2.36. The minimum atomic E-state index is -3.81. The lowest BCUT2D eigenvalue weighted by atomic mass is 10.2. The Morgan fingerprint density at radius 3 is 2.33 bits per heavy atom. The van der Waals surface area contributed by atoms with Gasteiger partial charge in [-0.1, -0.05) is 25.4 Å². The molecule has 1 aromatic rings. The van der Waals surface area contributed by atoms with Crippen LogP contribution in [0.5, 0.6) is 0 Å². The van der Waals surface area contributed by atoms with Crippen LogP contribution in [-0.2, 0) is 10.0 Å². The first-order valence-corrected chi connectivity index (χ1v) is 7.59. The Kier molecular flexibility index (Phi) is 5.13. The molecule has 0 fully saturated rings. The van der Waals surface area contributed by atoms with Crippen molar-refractivity contribution in [2.45, 2.75) is 37.6 Å². The van der Waals surface area contributed by atoms with Crippen molar-refractivity contribution in [1.29, 1.82) is 0 Å². The molecule has 102 valence electrons. The molecule has 0 aliphatic rings. The summed E-state index contributed by atoms with van der Waals surface area (Å²) >= 11 is 5.62. The van der Waals surface area contributed by atoms with Gasteiger partial charge in [0.25, 0.3) is 0 Å². The van der Waals surface area contributed by atoms with Crippen LogP contribution >= 0.6 is 11.6 Å². The van der Waals surface area contributed by atoms with Gasteiger partial charge in [0.1, 0.15) is 10.7 Å². The average Bonchev–Trinajstić information content (AvgIpc) is 2.29. The SMILES string of the molecule is CCC(CC)N(C)S(=O)(=O)c1ccc(Cl)cc1F. The smallest absolute Gasteiger partial charge is 0.207 e. The summed E-state index contributed by atoms with van der Waals surface area (Å²) in [4.78, 5) is -0.332. The second-order valence-electron chi connectivity index (χ2n) is 4.07. The molecule has 18 heavy (non-hydrogen) atoms. The molecule has 1 rings (SSSR count). The van der Waals surface area contributed by atoms with Crippen molar-refractivity contribution in [3.05, 3.63) is 29.0 Å². The topological polar surface area (TPSA) is 37.4 Å². The predicted molar refractivity (Wildman–Crippen MR) is 70.7 cm³/mol. The molecule has 6 heteroatoms. The van der Waals surface area contributed by atoms with Crippen molar-refractivity contribution in [3.63, 3.8) is 0 Å². The highest BCUT2D eigenvalue weighted by molar-refractivity contribution is 7.89. The Hall–Kier alpha value is -0.650. The van der Waals surface area contributed by atoms with E-state index >= 15 is 0 Å². The largest absolute Gasteiger partial charge is 0.245 e. The van der Waals surface area contributed by atoms with E-state index < -0.39 is 15.8 Å². The van der Waals surface area contributed by atoms with Gasteiger partial charge < -0.3 is 0 Å². The minimum Gasteiger partial charge on any atom is -0.207 e. The first-order valence-electron chi connectivity index (χ1n) is 5.77. The molecular weight excluding hydrogens is 277 g/mol. The normalized spacial score (nSPS) is 12.4. The summed E-state index contributed by atoms with van der Waals surface area (Å²) in [6, 6.07) is 3.45. The zero-order valence-electron chi connectivity index (χ0n) is 10.7. The molecule has 1 aromatic carbocycles. The molecule has 0 aromatic heterocycles. The third kappa shape index (κ3) is 3.02. The minimum absolute atomic E-state index is 0.134. The van der Waals surface area contributed by atoms with Gasteiger partial charge in [-0.2, -0.15) is 4.31 Å². The standard InChI is InChI=1S/C12H17ClFNO2S/c1-4-10(5-2)15(3)18(16,17)12-7-6-9(13)8-11(12)14/h6-8,10H,4-5H2,1-3H3. The molecule has 0 saturated heterocycles. The summed E-state index contributed by atoms with van der Waals surface area (Å²) in [5.74, 6) is -0.819. The third-order valence-electron chi connectivity index (χ3n) is 3.01. The molecule has 0 heterocycles. The molecule has 3 nitrogen and oxygen atoms in total. The Bertz CT molecular complexity index is 515. The maximum absolute atomic E-state index is 13.7. The van der Waals surface area contributed by atoms with E-state index in [-0.39, 0.29) is 16.0 Å². The van der Waals surface area contributed by atoms with Crippen LogP contribution in [0.2, 0.25) is 5.02 Å². The van der Waals surface area contributed by atoms with E-state index in [1.807, 2.05) is 13.8 Å². The quantitative estimate of drug-likeness (QED) is 0.835. The molecule has 0 aliphatic heterocycles. The predicted octanol–water partition coefficient (Wildman–Crippen LogP) is 3.29. The van der Waals surface area contributed by atoms with E-state index in [4.69, 9.17) is 11.6 Å². The summed E-state index contributed by atoms with van der Waals surface area (Å²) < 4.78 is 39.4. The van der Waals surface area contributed by atoms with E-state index in [2.05, 4.69) is 0 Å². The number of sulfonamides is 1. The summed E-state index contributed by atoms with van der Waals surface area (Å²) in [6.45, 7) is 3.80. The van der Waals surface area contributed by atoms with E-state index in [0.29, 0.717) is 12.8 Å². The van der Waals surface area contributed by atoms with Crippen LogP contribution in [0.25, 0.3) is 0 Å². The lowest BCUT2D eigenvalue weighted by Gasteiger charge is -2.25. The zero-order valence-corrected chi connectivity index (χ0v) is 12.2. The van der Waals surface area contributed by atoms with Crippen LogP contribution < -0.4 is 0 Å². The number of benzene rings is 1. The molecule has 0 spiro atoms. The van der Waals surface area contributed by atoms with Gasteiger partial charge in [-0.3, -0.25) is 0 Å². The van der Waals surface area contributed by atoms with E-state index in [1.54, 1.807) is 0 Å². The van der Waals surface area contributed by atoms with Gasteiger partial charge in [-0.25, -0.2) is 12.8 Å². The second-order valence-corrected chi connectivity index (χ2v) is 6.47. The van der Waals surface area contributed by atoms with Gasteiger partial charge in [0.2, 0.25) is 10.0 Å². The van der Waals surface area contributed by atoms with Crippen molar-refractivity contribution in [1.82, 2.24) is 4.31 Å². The number of halogens is 2. The van der Waals surface area contributed by atoms with Crippen molar-refractivity contribution in [2.75, 3.05) is 7.05 Å². The number of hydrogen-bond acceptors (Lipinski definition) is 2. The fourth-order valence-corrected chi connectivity index (χ4v) is 3.54. The molecule has 0 aliphatic carbocycles. The Morgan fingerprint density at radius 2 is 1.89 bits per heavy atom. The Balaban J connectivity index is 3.21. The highest BCUT2D eigenvalue weighted by atomic mass is 35.5. The summed E-state index contributed by atoms with van der Waals surface area (Å²) in [5.41, 5.74) is 0. The van der Waals surface area contributed by atoms with E-state index in [1.165, 1.54) is 23.5 Å². The van der Waals surface area contributed by atoms with Gasteiger partial charge in [0.05, 0.1) is 0 Å². The van der Waals surface area contributed by atoms with Gasteiger partial charge in [0, 0.05) is 18.1 Å². The van der Waals surface area contributed by atoms with Crippen LogP contribution in [0.1, 0.15) is 26.7 Å². The highest BCUT2D eigenvalue weighted by Crippen LogP contribution is 2.24. The fourth-order valence-electron chi connectivity index (χ4n) is 1.84. The lowest BCUT2D eigenvalue weighted by molar-refractivity contribution is 0.348. The third-order valence-corrected chi connectivity index (χ3v) is 5.19. The summed E-state index contributed by atoms with van der Waals surface area (Å²) in [6.07, 6.45) is 1.36. The van der Waals surface area contributed by atoms with Gasteiger partial charge in [-0.05, 0) is 31.0 Å². The van der Waals surface area contributed by atoms with Gasteiger partial charge in [-0.15, -0.1) is 0 Å². The Labute approximate surface area is 113 Å². The van der Waals surface area contributed by atoms with Gasteiger partial charge >= 0.3 is 0 Å². The summed E-state index contributed by atoms with van der Waals surface area (Å²) in [7, 11) is -2.34. The van der Waals surface area contributed by atoms with Crippen LogP contribution in [0.4, 0.5) is 4.39 Å². The highest BCUT2D eigenvalue weighted by Gasteiger charge is 2.28. The van der Waals surface area contributed by atoms with Crippen LogP contribution in [0.15, 0.2) is 23.1 Å². The number of rotatable bonds is 5. The second kappa shape index (κ2) is 5.99. The maximum Gasteiger partial charge on any atom is 0.245 e. The van der Waals surface area contributed by atoms with Crippen molar-refractivity contribution < 1.29 is 12.8 Å². The van der Waals surface area contributed by atoms with Crippen LogP contribution in [-0.4, -0.2) is 25.8 Å². The van der Waals surface area contributed by atoms with Crippen molar-refractivity contribution >= 4 is 21.6 Å². The fraction of sp³-hybridized carbons (Fsp3) is 0.500. The Morgan fingerprint density at radius 1 is 1.33 bits per heavy atom. The monoisotopic (exact) mass is 293 g/mol. The maximum atomic E-state index is 13.7. The molecular formula is C12H17ClFNO2S. The molecule has 0 amide bonds. The molecule has 0 N–H and O–H groups in total. The van der Waals surface area contributed by atoms with E-state index in [0.717, 1.165) is 6.07 Å². The first kappa shape index (κ1) is 15.4. The molecule has 0 unspecified atom stereocenters. The van der Waals surface area contributed by atoms with Crippen LogP contribution in [0, 0.1) is 5.82 Å². The van der Waals surface area contributed by atoms with Crippen molar-refractivity contribution in [3.8, 4) is 0 Å². The number of nitrogens with zero attached hydrogens (tertiary/aromatic N) is 1.